The first-order chi connectivity index (χ1) is 9.60. The maximum absolute atomic E-state index is 12.1. The fourth-order valence-corrected chi connectivity index (χ4v) is 3.14. The number of hydrogen-bond donors (Lipinski definition) is 0. The summed E-state index contributed by atoms with van der Waals surface area (Å²) >= 11 is 0. The summed E-state index contributed by atoms with van der Waals surface area (Å²) in [6.07, 6.45) is 10.4. The number of rotatable bonds is 12. The fraction of sp³-hybridized carbons (Fsp3) is 0.944. The van der Waals surface area contributed by atoms with Crippen LogP contribution in [0.4, 0.5) is 0 Å². The van der Waals surface area contributed by atoms with Crippen LogP contribution in [0.5, 0.6) is 0 Å². The lowest BCUT2D eigenvalue weighted by atomic mass is 9.78. The van der Waals surface area contributed by atoms with Crippen molar-refractivity contribution < 1.29 is 9.53 Å². The van der Waals surface area contributed by atoms with Crippen LogP contribution < -0.4 is 0 Å². The Bertz CT molecular complexity index is 244. The summed E-state index contributed by atoms with van der Waals surface area (Å²) in [6, 6.07) is 0. The lowest BCUT2D eigenvalue weighted by Crippen LogP contribution is -2.41. The molecule has 0 saturated heterocycles. The topological polar surface area (TPSA) is 26.3 Å². The molecule has 2 heteroatoms. The van der Waals surface area contributed by atoms with Crippen LogP contribution in [0.1, 0.15) is 98.8 Å². The van der Waals surface area contributed by atoms with Gasteiger partial charge < -0.3 is 4.74 Å². The monoisotopic (exact) mass is 284 g/mol. The summed E-state index contributed by atoms with van der Waals surface area (Å²) in [6.45, 7) is 10.9. The highest BCUT2D eigenvalue weighted by Crippen LogP contribution is 2.36. The van der Waals surface area contributed by atoms with E-state index in [-0.39, 0.29) is 11.6 Å². The molecule has 0 spiro atoms. The van der Waals surface area contributed by atoms with E-state index in [1.807, 2.05) is 0 Å². The molecule has 20 heavy (non-hydrogen) atoms. The van der Waals surface area contributed by atoms with Crippen molar-refractivity contribution in [2.24, 2.45) is 5.92 Å². The predicted octanol–water partition coefficient (Wildman–Crippen LogP) is 5.89. The van der Waals surface area contributed by atoms with E-state index in [1.165, 1.54) is 19.3 Å². The Balaban J connectivity index is 4.66. The van der Waals surface area contributed by atoms with E-state index >= 15 is 0 Å². The normalized spacial score (nSPS) is 13.2. The van der Waals surface area contributed by atoms with Gasteiger partial charge in [-0.25, -0.2) is 0 Å². The Morgan fingerprint density at radius 2 is 1.55 bits per heavy atom. The Kier molecular flexibility index (Phi) is 10.9. The van der Waals surface area contributed by atoms with Gasteiger partial charge in [-0.15, -0.1) is 0 Å². The molecular weight excluding hydrogens is 248 g/mol. The number of carbonyl (C=O) groups is 1. The number of ether oxygens (including phenoxy) is 1. The molecule has 0 heterocycles. The Morgan fingerprint density at radius 1 is 0.950 bits per heavy atom. The van der Waals surface area contributed by atoms with Gasteiger partial charge in [0.15, 0.2) is 0 Å². The molecule has 2 nitrogen and oxygen atoms in total. The van der Waals surface area contributed by atoms with Crippen LogP contribution in [-0.2, 0) is 9.53 Å². The van der Waals surface area contributed by atoms with Crippen molar-refractivity contribution in [1.82, 2.24) is 0 Å². The maximum atomic E-state index is 12.1. The quantitative estimate of drug-likeness (QED) is 0.330. The third kappa shape index (κ3) is 6.28. The first-order valence-electron chi connectivity index (χ1n) is 8.81. The number of unbranched alkanes of at least 4 members (excludes halogenated alkanes) is 3. The Morgan fingerprint density at radius 3 is 2.00 bits per heavy atom. The standard InChI is InChI=1S/C18H36O2/c1-6-11-13-15-17(19)20-18(9-4,10-5)16(8-3)14-12-7-2/h16H,6-15H2,1-5H3. The number of hydrogen-bond acceptors (Lipinski definition) is 2. The minimum absolute atomic E-state index is 0.0112. The second-order valence-corrected chi connectivity index (χ2v) is 5.95. The van der Waals surface area contributed by atoms with Gasteiger partial charge >= 0.3 is 5.97 Å². The van der Waals surface area contributed by atoms with Crippen LogP contribution in [-0.4, -0.2) is 11.6 Å². The molecular formula is C18H36O2. The molecule has 0 fully saturated rings. The number of carbonyl (C=O) groups excluding carboxylic acids is 1. The van der Waals surface area contributed by atoms with E-state index in [1.54, 1.807) is 0 Å². The zero-order chi connectivity index (χ0) is 15.4. The molecule has 1 unspecified atom stereocenters. The molecule has 0 aromatic rings. The van der Waals surface area contributed by atoms with Crippen molar-refractivity contribution in [3.05, 3.63) is 0 Å². The summed E-state index contributed by atoms with van der Waals surface area (Å²) in [5.41, 5.74) is -0.229. The van der Waals surface area contributed by atoms with Crippen LogP contribution >= 0.6 is 0 Å². The molecule has 0 amide bonds. The largest absolute Gasteiger partial charge is 0.459 e. The highest BCUT2D eigenvalue weighted by molar-refractivity contribution is 5.69. The third-order valence-corrected chi connectivity index (χ3v) is 4.64. The van der Waals surface area contributed by atoms with Crippen molar-refractivity contribution in [2.75, 3.05) is 0 Å². The van der Waals surface area contributed by atoms with Gasteiger partial charge in [-0.1, -0.05) is 60.3 Å². The molecule has 0 bridgehead atoms. The van der Waals surface area contributed by atoms with Crippen LogP contribution in [0.25, 0.3) is 0 Å². The third-order valence-electron chi connectivity index (χ3n) is 4.64. The van der Waals surface area contributed by atoms with E-state index in [2.05, 4.69) is 34.6 Å². The minimum Gasteiger partial charge on any atom is -0.459 e. The lowest BCUT2D eigenvalue weighted by Gasteiger charge is -2.39. The van der Waals surface area contributed by atoms with Gasteiger partial charge in [-0.05, 0) is 38.0 Å². The first-order valence-corrected chi connectivity index (χ1v) is 8.81. The van der Waals surface area contributed by atoms with Gasteiger partial charge in [-0.3, -0.25) is 4.79 Å². The summed E-state index contributed by atoms with van der Waals surface area (Å²) in [4.78, 5) is 12.1. The lowest BCUT2D eigenvalue weighted by molar-refractivity contribution is -0.168. The predicted molar refractivity (Wildman–Crippen MR) is 86.9 cm³/mol. The average molecular weight is 284 g/mol. The summed E-state index contributed by atoms with van der Waals surface area (Å²) in [5, 5.41) is 0. The van der Waals surface area contributed by atoms with Gasteiger partial charge in [0.25, 0.3) is 0 Å². The van der Waals surface area contributed by atoms with E-state index in [4.69, 9.17) is 4.74 Å². The highest BCUT2D eigenvalue weighted by atomic mass is 16.6. The molecule has 0 saturated carbocycles. The Hall–Kier alpha value is -0.530. The summed E-state index contributed by atoms with van der Waals surface area (Å²) in [7, 11) is 0. The number of esters is 1. The SMILES string of the molecule is CCCCCC(=O)OC(CC)(CC)C(CC)CCCC. The van der Waals surface area contributed by atoms with Crippen molar-refractivity contribution >= 4 is 5.97 Å². The average Bonchev–Trinajstić information content (AvgIpc) is 2.46. The van der Waals surface area contributed by atoms with Crippen molar-refractivity contribution in [1.29, 1.82) is 0 Å². The molecule has 120 valence electrons. The van der Waals surface area contributed by atoms with Crippen LogP contribution in [0.3, 0.4) is 0 Å². The van der Waals surface area contributed by atoms with Crippen molar-refractivity contribution in [3.63, 3.8) is 0 Å². The van der Waals surface area contributed by atoms with Crippen LogP contribution in [0.15, 0.2) is 0 Å². The second kappa shape index (κ2) is 11.2. The Labute approximate surface area is 126 Å². The summed E-state index contributed by atoms with van der Waals surface area (Å²) in [5.74, 6) is 0.518. The second-order valence-electron chi connectivity index (χ2n) is 5.95. The molecule has 1 atom stereocenters. The fourth-order valence-electron chi connectivity index (χ4n) is 3.14. The molecule has 0 rings (SSSR count). The molecule has 0 radical (unpaired) electrons. The molecule has 0 aliphatic heterocycles. The van der Waals surface area contributed by atoms with Gasteiger partial charge in [0.1, 0.15) is 5.60 Å². The van der Waals surface area contributed by atoms with E-state index in [0.717, 1.165) is 38.5 Å². The minimum atomic E-state index is -0.229. The van der Waals surface area contributed by atoms with Gasteiger partial charge in [-0.2, -0.15) is 0 Å². The van der Waals surface area contributed by atoms with E-state index in [9.17, 15) is 4.79 Å². The van der Waals surface area contributed by atoms with Crippen LogP contribution in [0, 0.1) is 5.92 Å². The zero-order valence-electron chi connectivity index (χ0n) is 14.5. The molecule has 0 aromatic heterocycles. The van der Waals surface area contributed by atoms with Gasteiger partial charge in [0, 0.05) is 6.42 Å². The van der Waals surface area contributed by atoms with Gasteiger partial charge in [0.2, 0.25) is 0 Å². The first kappa shape index (κ1) is 19.5. The molecule has 0 aliphatic carbocycles. The van der Waals surface area contributed by atoms with Crippen LogP contribution in [0.2, 0.25) is 0 Å². The van der Waals surface area contributed by atoms with E-state index < -0.39 is 0 Å². The van der Waals surface area contributed by atoms with E-state index in [0.29, 0.717) is 12.3 Å². The highest BCUT2D eigenvalue weighted by Gasteiger charge is 2.37. The zero-order valence-corrected chi connectivity index (χ0v) is 14.5. The van der Waals surface area contributed by atoms with Gasteiger partial charge in [0.05, 0.1) is 0 Å². The van der Waals surface area contributed by atoms with Crippen molar-refractivity contribution in [3.8, 4) is 0 Å². The maximum Gasteiger partial charge on any atom is 0.306 e. The smallest absolute Gasteiger partial charge is 0.306 e. The van der Waals surface area contributed by atoms with Crippen molar-refractivity contribution in [2.45, 2.75) is 104 Å². The molecule has 0 aromatic carbocycles. The molecule has 0 N–H and O–H groups in total. The summed E-state index contributed by atoms with van der Waals surface area (Å²) < 4.78 is 5.99. The molecule has 0 aliphatic rings.